The van der Waals surface area contributed by atoms with E-state index in [1.54, 1.807) is 6.08 Å². The predicted molar refractivity (Wildman–Crippen MR) is 67.4 cm³/mol. The lowest BCUT2D eigenvalue weighted by Crippen LogP contribution is -2.20. The maximum absolute atomic E-state index is 10.6. The molecule has 2 rings (SSSR count). The van der Waals surface area contributed by atoms with Crippen molar-refractivity contribution in [1.82, 2.24) is 0 Å². The maximum atomic E-state index is 10.6. The third kappa shape index (κ3) is 1.95. The fourth-order valence-electron chi connectivity index (χ4n) is 2.41. The van der Waals surface area contributed by atoms with Crippen molar-refractivity contribution in [2.75, 3.05) is 0 Å². The van der Waals surface area contributed by atoms with Crippen LogP contribution in [0.3, 0.4) is 0 Å². The highest BCUT2D eigenvalue weighted by molar-refractivity contribution is 9.10. The van der Waals surface area contributed by atoms with Crippen LogP contribution in [0, 0.1) is 0 Å². The lowest BCUT2D eigenvalue weighted by atomic mass is 9.89. The van der Waals surface area contributed by atoms with Crippen LogP contribution in [-0.4, -0.2) is 6.08 Å². The summed E-state index contributed by atoms with van der Waals surface area (Å²) in [4.78, 5) is 14.6. The molecule has 0 aliphatic heterocycles. The first-order valence-electron chi connectivity index (χ1n) is 5.23. The van der Waals surface area contributed by atoms with Crippen LogP contribution < -0.4 is 0 Å². The van der Waals surface area contributed by atoms with Crippen molar-refractivity contribution in [2.24, 2.45) is 4.99 Å². The molecule has 84 valence electrons. The molecule has 0 atom stereocenters. The number of hydrogen-bond acceptors (Lipinski definition) is 2. The minimum absolute atomic E-state index is 0.459. The van der Waals surface area contributed by atoms with Crippen LogP contribution in [0.1, 0.15) is 31.2 Å². The van der Waals surface area contributed by atoms with Gasteiger partial charge in [0.1, 0.15) is 5.54 Å². The van der Waals surface area contributed by atoms with Gasteiger partial charge >= 0.3 is 0 Å². The molecular formula is C12H11BrClNO. The number of isocyanates is 1. The third-order valence-electron chi connectivity index (χ3n) is 3.12. The first kappa shape index (κ1) is 11.8. The zero-order chi connectivity index (χ0) is 11.6. The molecule has 1 aromatic rings. The van der Waals surface area contributed by atoms with Gasteiger partial charge in [0.05, 0.1) is 0 Å². The topological polar surface area (TPSA) is 29.4 Å². The molecule has 0 amide bonds. The quantitative estimate of drug-likeness (QED) is 0.594. The Morgan fingerprint density at radius 1 is 1.38 bits per heavy atom. The van der Waals surface area contributed by atoms with E-state index in [0.717, 1.165) is 35.7 Å². The molecule has 1 fully saturated rings. The Kier molecular flexibility index (Phi) is 3.48. The number of nitrogens with zero attached hydrogens (tertiary/aromatic N) is 1. The molecular weight excluding hydrogens is 289 g/mol. The van der Waals surface area contributed by atoms with Gasteiger partial charge in [-0.1, -0.05) is 46.4 Å². The fourth-order valence-corrected chi connectivity index (χ4v) is 3.61. The molecule has 0 N–H and O–H groups in total. The van der Waals surface area contributed by atoms with E-state index in [1.165, 1.54) is 0 Å². The summed E-state index contributed by atoms with van der Waals surface area (Å²) in [6.45, 7) is 0. The first-order valence-corrected chi connectivity index (χ1v) is 6.40. The molecule has 16 heavy (non-hydrogen) atoms. The average Bonchev–Trinajstić information content (AvgIpc) is 2.67. The number of rotatable bonds is 2. The Morgan fingerprint density at radius 2 is 2.06 bits per heavy atom. The highest BCUT2D eigenvalue weighted by Crippen LogP contribution is 2.47. The second-order valence-electron chi connectivity index (χ2n) is 4.04. The first-order chi connectivity index (χ1) is 7.69. The largest absolute Gasteiger partial charge is 0.235 e. The van der Waals surface area contributed by atoms with Crippen LogP contribution >= 0.6 is 27.5 Å². The number of carbonyl (C=O) groups excluding carboxylic acids is 1. The summed E-state index contributed by atoms with van der Waals surface area (Å²) in [7, 11) is 0. The van der Waals surface area contributed by atoms with Gasteiger partial charge in [0.15, 0.2) is 0 Å². The van der Waals surface area contributed by atoms with Crippen LogP contribution in [0.25, 0.3) is 0 Å². The summed E-state index contributed by atoms with van der Waals surface area (Å²) in [5.41, 5.74) is 0.469. The number of benzene rings is 1. The molecule has 0 bridgehead atoms. The fraction of sp³-hybridized carbons (Fsp3) is 0.417. The van der Waals surface area contributed by atoms with E-state index < -0.39 is 5.54 Å². The smallest absolute Gasteiger partial charge is 0.211 e. The van der Waals surface area contributed by atoms with Crippen LogP contribution in [0.2, 0.25) is 5.02 Å². The van der Waals surface area contributed by atoms with Crippen molar-refractivity contribution < 1.29 is 4.79 Å². The van der Waals surface area contributed by atoms with Crippen LogP contribution in [0.4, 0.5) is 0 Å². The summed E-state index contributed by atoms with van der Waals surface area (Å²) in [6.07, 6.45) is 5.57. The van der Waals surface area contributed by atoms with Crippen molar-refractivity contribution in [2.45, 2.75) is 31.2 Å². The minimum Gasteiger partial charge on any atom is -0.211 e. The van der Waals surface area contributed by atoms with Gasteiger partial charge in [0.25, 0.3) is 0 Å². The van der Waals surface area contributed by atoms with Gasteiger partial charge in [-0.05, 0) is 25.0 Å². The molecule has 0 saturated heterocycles. The zero-order valence-corrected chi connectivity index (χ0v) is 11.0. The monoisotopic (exact) mass is 299 g/mol. The van der Waals surface area contributed by atoms with Crippen molar-refractivity contribution >= 4 is 33.6 Å². The van der Waals surface area contributed by atoms with E-state index in [9.17, 15) is 4.79 Å². The van der Waals surface area contributed by atoms with E-state index >= 15 is 0 Å². The molecule has 1 aliphatic rings. The van der Waals surface area contributed by atoms with Gasteiger partial charge < -0.3 is 0 Å². The second-order valence-corrected chi connectivity index (χ2v) is 5.30. The Labute approximate surface area is 108 Å². The Hall–Kier alpha value is -0.630. The Bertz CT molecular complexity index is 428. The molecule has 0 aromatic heterocycles. The van der Waals surface area contributed by atoms with E-state index in [4.69, 9.17) is 11.6 Å². The summed E-state index contributed by atoms with van der Waals surface area (Å²) in [5, 5.41) is 0.662. The summed E-state index contributed by atoms with van der Waals surface area (Å²) in [5.74, 6) is 0. The highest BCUT2D eigenvalue weighted by atomic mass is 79.9. The van der Waals surface area contributed by atoms with Gasteiger partial charge in [-0.25, -0.2) is 4.79 Å². The van der Waals surface area contributed by atoms with E-state index in [2.05, 4.69) is 20.9 Å². The lowest BCUT2D eigenvalue weighted by molar-refractivity contribution is 0.454. The van der Waals surface area contributed by atoms with Gasteiger partial charge in [0, 0.05) is 15.1 Å². The van der Waals surface area contributed by atoms with Crippen molar-refractivity contribution in [3.8, 4) is 0 Å². The zero-order valence-electron chi connectivity index (χ0n) is 8.67. The molecule has 1 aliphatic carbocycles. The molecule has 0 unspecified atom stereocenters. The second kappa shape index (κ2) is 4.70. The van der Waals surface area contributed by atoms with Gasteiger partial charge in [-0.3, -0.25) is 0 Å². The molecule has 0 radical (unpaired) electrons. The minimum atomic E-state index is -0.459. The van der Waals surface area contributed by atoms with Crippen LogP contribution in [-0.2, 0) is 10.3 Å². The molecule has 2 nitrogen and oxygen atoms in total. The van der Waals surface area contributed by atoms with Gasteiger partial charge in [-0.15, -0.1) is 0 Å². The SMILES string of the molecule is O=C=NC1(c2c(Cl)cccc2Br)CCCC1. The molecule has 0 heterocycles. The lowest BCUT2D eigenvalue weighted by Gasteiger charge is -2.25. The maximum Gasteiger partial charge on any atom is 0.235 e. The standard InChI is InChI=1S/C12H11BrClNO/c13-9-4-3-5-10(14)11(9)12(15-8-16)6-1-2-7-12/h3-5H,1-2,6-7H2. The van der Waals surface area contributed by atoms with E-state index in [0.29, 0.717) is 5.02 Å². The van der Waals surface area contributed by atoms with Crippen molar-refractivity contribution in [1.29, 1.82) is 0 Å². The molecule has 1 aromatic carbocycles. The molecule has 4 heteroatoms. The van der Waals surface area contributed by atoms with Crippen LogP contribution in [0.15, 0.2) is 27.7 Å². The van der Waals surface area contributed by atoms with E-state index in [-0.39, 0.29) is 0 Å². The number of hydrogen-bond donors (Lipinski definition) is 0. The number of aliphatic imine (C=N–C) groups is 1. The van der Waals surface area contributed by atoms with Crippen LogP contribution in [0.5, 0.6) is 0 Å². The van der Waals surface area contributed by atoms with Gasteiger partial charge in [-0.2, -0.15) is 4.99 Å². The van der Waals surface area contributed by atoms with Gasteiger partial charge in [0.2, 0.25) is 6.08 Å². The summed E-state index contributed by atoms with van der Waals surface area (Å²) >= 11 is 9.70. The molecule has 1 saturated carbocycles. The predicted octanol–water partition coefficient (Wildman–Crippen LogP) is 4.21. The summed E-state index contributed by atoms with van der Waals surface area (Å²) in [6, 6.07) is 5.65. The summed E-state index contributed by atoms with van der Waals surface area (Å²) < 4.78 is 0.918. The van der Waals surface area contributed by atoms with E-state index in [1.807, 2.05) is 18.2 Å². The highest BCUT2D eigenvalue weighted by Gasteiger charge is 2.38. The Balaban J connectivity index is 2.59. The Morgan fingerprint density at radius 3 is 2.62 bits per heavy atom. The number of halogens is 2. The average molecular weight is 301 g/mol. The third-order valence-corrected chi connectivity index (χ3v) is 4.09. The van der Waals surface area contributed by atoms with Crippen molar-refractivity contribution in [3.05, 3.63) is 33.3 Å². The normalized spacial score (nSPS) is 18.1. The molecule has 0 spiro atoms. The van der Waals surface area contributed by atoms with Crippen molar-refractivity contribution in [3.63, 3.8) is 0 Å².